The van der Waals surface area contributed by atoms with Crippen molar-refractivity contribution in [2.24, 2.45) is 10.3 Å². The van der Waals surface area contributed by atoms with Gasteiger partial charge < -0.3 is 0 Å². The molecule has 1 saturated heterocycles. The van der Waals surface area contributed by atoms with E-state index in [1.165, 1.54) is 12.1 Å². The van der Waals surface area contributed by atoms with Gasteiger partial charge in [-0.2, -0.15) is 13.2 Å². The van der Waals surface area contributed by atoms with Gasteiger partial charge in [-0.05, 0) is 30.7 Å². The van der Waals surface area contributed by atoms with Crippen LogP contribution >= 0.6 is 0 Å². The van der Waals surface area contributed by atoms with E-state index in [0.717, 1.165) is 31.6 Å². The van der Waals surface area contributed by atoms with Crippen LogP contribution in [0.3, 0.4) is 0 Å². The van der Waals surface area contributed by atoms with Crippen LogP contribution in [0.1, 0.15) is 12.0 Å². The first kappa shape index (κ1) is 10.9. The maximum atomic E-state index is 12.2. The second-order valence-electron chi connectivity index (χ2n) is 3.54. The van der Waals surface area contributed by atoms with Gasteiger partial charge in [0, 0.05) is 13.1 Å². The third-order valence-electron chi connectivity index (χ3n) is 2.31. The fraction of sp³-hybridized carbons (Fsp3) is 0.400. The third-order valence-corrected chi connectivity index (χ3v) is 2.31. The molecule has 0 unspecified atom stereocenters. The molecule has 1 aromatic rings. The van der Waals surface area contributed by atoms with Crippen molar-refractivity contribution in [3.8, 4) is 0 Å². The zero-order chi connectivity index (χ0) is 11.6. The van der Waals surface area contributed by atoms with Crippen LogP contribution in [0.4, 0.5) is 18.9 Å². The molecule has 0 atom stereocenters. The molecule has 2 rings (SSSR count). The highest BCUT2D eigenvalue weighted by molar-refractivity contribution is 5.38. The van der Waals surface area contributed by atoms with Crippen LogP contribution in [0.2, 0.25) is 0 Å². The molecule has 6 heteroatoms. The number of nitrogens with zero attached hydrogens (tertiary/aromatic N) is 3. The van der Waals surface area contributed by atoms with Crippen molar-refractivity contribution in [1.82, 2.24) is 5.01 Å². The fourth-order valence-electron chi connectivity index (χ4n) is 1.22. The Hall–Kier alpha value is -1.59. The first-order chi connectivity index (χ1) is 7.55. The molecule has 0 bridgehead atoms. The lowest BCUT2D eigenvalue weighted by Crippen LogP contribution is -2.31. The topological polar surface area (TPSA) is 28.0 Å². The van der Waals surface area contributed by atoms with Crippen LogP contribution in [0, 0.1) is 0 Å². The molecule has 3 nitrogen and oxygen atoms in total. The predicted octanol–water partition coefficient (Wildman–Crippen LogP) is 3.41. The summed E-state index contributed by atoms with van der Waals surface area (Å²) in [6.07, 6.45) is -3.21. The van der Waals surface area contributed by atoms with Gasteiger partial charge in [-0.15, -0.1) is 5.11 Å². The minimum absolute atomic E-state index is 0.430. The van der Waals surface area contributed by atoms with Crippen molar-refractivity contribution in [2.75, 3.05) is 13.1 Å². The van der Waals surface area contributed by atoms with Crippen LogP contribution in [-0.4, -0.2) is 18.1 Å². The standard InChI is InChI=1S/C10H10F3N3/c11-10(12,13)8-2-4-9(5-3-8)14-15-16-6-1-7-16/h2-5H,1,6-7H2. The zero-order valence-electron chi connectivity index (χ0n) is 8.41. The molecular formula is C10H10F3N3. The Morgan fingerprint density at radius 3 is 2.12 bits per heavy atom. The monoisotopic (exact) mass is 229 g/mol. The van der Waals surface area contributed by atoms with Crippen molar-refractivity contribution in [2.45, 2.75) is 12.6 Å². The number of benzene rings is 1. The van der Waals surface area contributed by atoms with E-state index in [0.29, 0.717) is 5.69 Å². The fourth-order valence-corrected chi connectivity index (χ4v) is 1.22. The average molecular weight is 229 g/mol. The highest BCUT2D eigenvalue weighted by atomic mass is 19.4. The predicted molar refractivity (Wildman–Crippen MR) is 52.2 cm³/mol. The summed E-state index contributed by atoms with van der Waals surface area (Å²) in [6.45, 7) is 1.73. The van der Waals surface area contributed by atoms with Gasteiger partial charge in [0.05, 0.1) is 11.3 Å². The van der Waals surface area contributed by atoms with E-state index in [4.69, 9.17) is 0 Å². The molecule has 1 aliphatic rings. The molecule has 0 spiro atoms. The number of alkyl halides is 3. The summed E-state index contributed by atoms with van der Waals surface area (Å²) >= 11 is 0. The highest BCUT2D eigenvalue weighted by Gasteiger charge is 2.29. The normalized spacial score (nSPS) is 16.6. The zero-order valence-corrected chi connectivity index (χ0v) is 8.41. The summed E-state index contributed by atoms with van der Waals surface area (Å²) in [7, 11) is 0. The average Bonchev–Trinajstić information content (AvgIpc) is 2.15. The molecule has 1 aliphatic heterocycles. The van der Waals surface area contributed by atoms with E-state index in [2.05, 4.69) is 10.3 Å². The number of hydrogen-bond donors (Lipinski definition) is 0. The quantitative estimate of drug-likeness (QED) is 0.714. The molecular weight excluding hydrogens is 219 g/mol. The summed E-state index contributed by atoms with van der Waals surface area (Å²) in [4.78, 5) is 0. The van der Waals surface area contributed by atoms with E-state index < -0.39 is 11.7 Å². The Labute approximate surface area is 90.6 Å². The number of hydrogen-bond acceptors (Lipinski definition) is 2. The minimum Gasteiger partial charge on any atom is -0.278 e. The van der Waals surface area contributed by atoms with Crippen LogP contribution < -0.4 is 0 Å². The van der Waals surface area contributed by atoms with Gasteiger partial charge in [-0.25, -0.2) is 0 Å². The lowest BCUT2D eigenvalue weighted by molar-refractivity contribution is -0.137. The van der Waals surface area contributed by atoms with Gasteiger partial charge in [-0.3, -0.25) is 5.01 Å². The van der Waals surface area contributed by atoms with E-state index in [-0.39, 0.29) is 0 Å². The Balaban J connectivity index is 2.04. The Bertz CT molecular complexity index is 379. The van der Waals surface area contributed by atoms with Gasteiger partial charge in [-0.1, -0.05) is 5.22 Å². The molecule has 0 aromatic heterocycles. The maximum absolute atomic E-state index is 12.2. The van der Waals surface area contributed by atoms with Crippen molar-refractivity contribution >= 4 is 5.69 Å². The van der Waals surface area contributed by atoms with Crippen molar-refractivity contribution in [3.05, 3.63) is 29.8 Å². The highest BCUT2D eigenvalue weighted by Crippen LogP contribution is 2.30. The molecule has 0 amide bonds. The lowest BCUT2D eigenvalue weighted by atomic mass is 10.2. The third kappa shape index (κ3) is 2.50. The summed E-state index contributed by atoms with van der Waals surface area (Å²) < 4.78 is 36.7. The molecule has 0 radical (unpaired) electrons. The van der Waals surface area contributed by atoms with Gasteiger partial charge in [0.2, 0.25) is 0 Å². The molecule has 0 aliphatic carbocycles. The van der Waals surface area contributed by atoms with E-state index in [1.807, 2.05) is 0 Å². The van der Waals surface area contributed by atoms with Gasteiger partial charge in [0.15, 0.2) is 0 Å². The summed E-state index contributed by atoms with van der Waals surface area (Å²) in [6, 6.07) is 4.63. The Kier molecular flexibility index (Phi) is 2.80. The molecule has 16 heavy (non-hydrogen) atoms. The van der Waals surface area contributed by atoms with Gasteiger partial charge >= 0.3 is 6.18 Å². The molecule has 0 saturated carbocycles. The first-order valence-electron chi connectivity index (χ1n) is 4.89. The molecule has 1 heterocycles. The first-order valence-corrected chi connectivity index (χ1v) is 4.89. The lowest BCUT2D eigenvalue weighted by Gasteiger charge is -2.25. The second kappa shape index (κ2) is 4.11. The van der Waals surface area contributed by atoms with E-state index >= 15 is 0 Å². The smallest absolute Gasteiger partial charge is 0.278 e. The van der Waals surface area contributed by atoms with Crippen molar-refractivity contribution in [1.29, 1.82) is 0 Å². The largest absolute Gasteiger partial charge is 0.416 e. The molecule has 86 valence electrons. The SMILES string of the molecule is FC(F)(F)c1ccc(N=NN2CCC2)cc1. The van der Waals surface area contributed by atoms with Crippen LogP contribution in [-0.2, 0) is 6.18 Å². The summed E-state index contributed by atoms with van der Waals surface area (Å²) in [5.74, 6) is 0. The molecule has 1 fully saturated rings. The minimum atomic E-state index is -4.30. The van der Waals surface area contributed by atoms with Crippen molar-refractivity contribution in [3.63, 3.8) is 0 Å². The molecule has 0 N–H and O–H groups in total. The number of halogens is 3. The van der Waals surface area contributed by atoms with E-state index in [1.54, 1.807) is 5.01 Å². The van der Waals surface area contributed by atoms with E-state index in [9.17, 15) is 13.2 Å². The summed E-state index contributed by atoms with van der Waals surface area (Å²) in [5.41, 5.74) is -0.240. The maximum Gasteiger partial charge on any atom is 0.416 e. The van der Waals surface area contributed by atoms with Crippen LogP contribution in [0.5, 0.6) is 0 Å². The van der Waals surface area contributed by atoms with Crippen LogP contribution in [0.25, 0.3) is 0 Å². The van der Waals surface area contributed by atoms with Gasteiger partial charge in [0.25, 0.3) is 0 Å². The Morgan fingerprint density at radius 2 is 1.69 bits per heavy atom. The summed E-state index contributed by atoms with van der Waals surface area (Å²) in [5, 5.41) is 9.47. The Morgan fingerprint density at radius 1 is 1.06 bits per heavy atom. The van der Waals surface area contributed by atoms with Crippen LogP contribution in [0.15, 0.2) is 34.6 Å². The second-order valence-corrected chi connectivity index (χ2v) is 3.54. The molecule has 1 aromatic carbocycles. The number of rotatable bonds is 2. The van der Waals surface area contributed by atoms with Crippen molar-refractivity contribution < 1.29 is 13.2 Å². The van der Waals surface area contributed by atoms with Gasteiger partial charge in [0.1, 0.15) is 0 Å².